The average Bonchev–Trinajstić information content (AvgIpc) is 2.07. The number of nitriles is 1. The zero-order valence-electron chi connectivity index (χ0n) is 6.14. The summed E-state index contributed by atoms with van der Waals surface area (Å²) in [7, 11) is 0. The molecule has 4 heteroatoms. The lowest BCUT2D eigenvalue weighted by Gasteiger charge is -2.04. The van der Waals surface area contributed by atoms with Crippen LogP contribution in [0.1, 0.15) is 5.56 Å². The van der Waals surface area contributed by atoms with Crippen molar-refractivity contribution in [2.75, 3.05) is 5.73 Å². The van der Waals surface area contributed by atoms with Crippen LogP contribution in [0.25, 0.3) is 0 Å². The summed E-state index contributed by atoms with van der Waals surface area (Å²) in [5.41, 5.74) is 7.24. The maximum Gasteiger partial charge on any atom is 0.0670 e. The third kappa shape index (κ3) is 1.79. The Morgan fingerprint density at radius 1 is 1.33 bits per heavy atom. The summed E-state index contributed by atoms with van der Waals surface area (Å²) in [6.45, 7) is 0. The highest BCUT2D eigenvalue weighted by Crippen LogP contribution is 2.31. The largest absolute Gasteiger partial charge is 0.398 e. The fourth-order valence-electron chi connectivity index (χ4n) is 0.826. The topological polar surface area (TPSA) is 49.8 Å². The number of hydrogen-bond donors (Lipinski definition) is 1. The van der Waals surface area contributed by atoms with E-state index >= 15 is 0 Å². The third-order valence-electron chi connectivity index (χ3n) is 1.46. The van der Waals surface area contributed by atoms with Crippen LogP contribution in [0.2, 0.25) is 0 Å². The summed E-state index contributed by atoms with van der Waals surface area (Å²) in [5.74, 6) is 0. The first-order valence-corrected chi connectivity index (χ1v) is 4.84. The van der Waals surface area contributed by atoms with Gasteiger partial charge in [-0.3, -0.25) is 0 Å². The van der Waals surface area contributed by atoms with E-state index in [0.717, 1.165) is 14.5 Å². The van der Waals surface area contributed by atoms with Crippen molar-refractivity contribution in [1.29, 1.82) is 5.26 Å². The number of halogens is 2. The van der Waals surface area contributed by atoms with Crippen molar-refractivity contribution in [3.8, 4) is 6.07 Å². The summed E-state index contributed by atoms with van der Waals surface area (Å²) < 4.78 is 1.68. The second kappa shape index (κ2) is 3.92. The molecule has 0 aliphatic rings. The van der Waals surface area contributed by atoms with Crippen LogP contribution in [0, 0.1) is 11.3 Å². The second-order valence-electron chi connectivity index (χ2n) is 2.28. The van der Waals surface area contributed by atoms with Gasteiger partial charge in [0.25, 0.3) is 0 Å². The molecule has 0 amide bonds. The highest BCUT2D eigenvalue weighted by atomic mass is 79.9. The van der Waals surface area contributed by atoms with E-state index in [-0.39, 0.29) is 0 Å². The van der Waals surface area contributed by atoms with Crippen molar-refractivity contribution < 1.29 is 0 Å². The van der Waals surface area contributed by atoms with E-state index in [4.69, 9.17) is 11.0 Å². The zero-order chi connectivity index (χ0) is 9.14. The molecule has 0 bridgehead atoms. The van der Waals surface area contributed by atoms with Crippen LogP contribution in [0.5, 0.6) is 0 Å². The molecule has 1 rings (SSSR count). The summed E-state index contributed by atoms with van der Waals surface area (Å²) in [6.07, 6.45) is 0.388. The lowest BCUT2D eigenvalue weighted by molar-refractivity contribution is 1.24. The molecular formula is C8H6Br2N2. The summed E-state index contributed by atoms with van der Waals surface area (Å²) in [5, 5.41) is 8.49. The van der Waals surface area contributed by atoms with Gasteiger partial charge in [0.05, 0.1) is 17.0 Å². The number of nitrogens with two attached hydrogens (primary N) is 1. The summed E-state index contributed by atoms with van der Waals surface area (Å²) >= 11 is 6.67. The highest BCUT2D eigenvalue weighted by molar-refractivity contribution is 9.13. The molecule has 0 aliphatic heterocycles. The van der Waals surface area contributed by atoms with Crippen molar-refractivity contribution in [2.24, 2.45) is 0 Å². The molecule has 0 atom stereocenters. The smallest absolute Gasteiger partial charge is 0.0670 e. The van der Waals surface area contributed by atoms with Crippen LogP contribution in [0.3, 0.4) is 0 Å². The third-order valence-corrected chi connectivity index (χ3v) is 3.75. The molecule has 0 radical (unpaired) electrons. The Morgan fingerprint density at radius 3 is 2.58 bits per heavy atom. The van der Waals surface area contributed by atoms with Crippen molar-refractivity contribution in [3.05, 3.63) is 26.6 Å². The lowest BCUT2D eigenvalue weighted by Crippen LogP contribution is -1.91. The molecule has 0 saturated carbocycles. The van der Waals surface area contributed by atoms with Gasteiger partial charge >= 0.3 is 0 Å². The molecule has 0 spiro atoms. The van der Waals surface area contributed by atoms with Crippen LogP contribution in [0.4, 0.5) is 5.69 Å². The van der Waals surface area contributed by atoms with Crippen LogP contribution in [-0.2, 0) is 6.42 Å². The Balaban J connectivity index is 3.19. The molecule has 12 heavy (non-hydrogen) atoms. The molecule has 0 aromatic heterocycles. The molecular weight excluding hydrogens is 284 g/mol. The number of anilines is 1. The van der Waals surface area contributed by atoms with Gasteiger partial charge in [-0.15, -0.1) is 0 Å². The van der Waals surface area contributed by atoms with Crippen LogP contribution in [0.15, 0.2) is 21.1 Å². The zero-order valence-corrected chi connectivity index (χ0v) is 9.31. The van der Waals surface area contributed by atoms with E-state index in [9.17, 15) is 0 Å². The van der Waals surface area contributed by atoms with Gasteiger partial charge in [0.2, 0.25) is 0 Å². The van der Waals surface area contributed by atoms with Gasteiger partial charge in [-0.05, 0) is 43.5 Å². The van der Waals surface area contributed by atoms with Crippen molar-refractivity contribution >= 4 is 37.5 Å². The van der Waals surface area contributed by atoms with Gasteiger partial charge in [-0.2, -0.15) is 5.26 Å². The van der Waals surface area contributed by atoms with E-state index in [0.29, 0.717) is 12.1 Å². The molecule has 1 aromatic carbocycles. The number of rotatable bonds is 1. The minimum Gasteiger partial charge on any atom is -0.398 e. The van der Waals surface area contributed by atoms with Crippen LogP contribution >= 0.6 is 31.9 Å². The molecule has 0 fully saturated rings. The first-order chi connectivity index (χ1) is 5.66. The van der Waals surface area contributed by atoms with Crippen molar-refractivity contribution in [2.45, 2.75) is 6.42 Å². The van der Waals surface area contributed by atoms with E-state index in [2.05, 4.69) is 37.9 Å². The Morgan fingerprint density at radius 2 is 2.00 bits per heavy atom. The fourth-order valence-corrected chi connectivity index (χ4v) is 1.71. The van der Waals surface area contributed by atoms with E-state index < -0.39 is 0 Å². The molecule has 0 unspecified atom stereocenters. The maximum atomic E-state index is 8.49. The van der Waals surface area contributed by atoms with Crippen molar-refractivity contribution in [1.82, 2.24) is 0 Å². The predicted octanol–water partition coefficient (Wildman–Crippen LogP) is 2.86. The van der Waals surface area contributed by atoms with Crippen LogP contribution < -0.4 is 5.73 Å². The molecule has 2 N–H and O–H groups in total. The van der Waals surface area contributed by atoms with E-state index in [1.165, 1.54) is 0 Å². The summed E-state index contributed by atoms with van der Waals surface area (Å²) in [4.78, 5) is 0. The Hall–Kier alpha value is -0.530. The van der Waals surface area contributed by atoms with Gasteiger partial charge in [0.15, 0.2) is 0 Å². The first kappa shape index (κ1) is 9.56. The van der Waals surface area contributed by atoms with E-state index in [1.54, 1.807) is 6.07 Å². The minimum atomic E-state index is 0.388. The number of nitrogen functional groups attached to an aromatic ring is 1. The average molecular weight is 290 g/mol. The molecule has 1 aromatic rings. The van der Waals surface area contributed by atoms with Gasteiger partial charge in [-0.1, -0.05) is 6.07 Å². The van der Waals surface area contributed by atoms with Crippen molar-refractivity contribution in [3.63, 3.8) is 0 Å². The molecule has 0 aliphatic carbocycles. The fraction of sp³-hybridized carbons (Fsp3) is 0.125. The molecule has 0 heterocycles. The van der Waals surface area contributed by atoms with Gasteiger partial charge in [-0.25, -0.2) is 0 Å². The Labute approximate surface area is 87.6 Å². The normalized spacial score (nSPS) is 9.42. The lowest BCUT2D eigenvalue weighted by atomic mass is 10.1. The van der Waals surface area contributed by atoms with Crippen LogP contribution in [-0.4, -0.2) is 0 Å². The predicted molar refractivity (Wildman–Crippen MR) is 55.6 cm³/mol. The first-order valence-electron chi connectivity index (χ1n) is 3.26. The van der Waals surface area contributed by atoms with Gasteiger partial charge in [0.1, 0.15) is 0 Å². The number of benzene rings is 1. The maximum absolute atomic E-state index is 8.49. The number of nitrogens with zero attached hydrogens (tertiary/aromatic N) is 1. The minimum absolute atomic E-state index is 0.388. The Kier molecular flexibility index (Phi) is 3.12. The number of hydrogen-bond acceptors (Lipinski definition) is 2. The summed E-state index contributed by atoms with van der Waals surface area (Å²) in [6, 6.07) is 5.70. The second-order valence-corrected chi connectivity index (χ2v) is 3.86. The SMILES string of the molecule is N#CCc1ccc(N)c(Br)c1Br. The Bertz CT molecular complexity index is 342. The molecule has 0 saturated heterocycles. The molecule has 2 nitrogen and oxygen atoms in total. The monoisotopic (exact) mass is 288 g/mol. The standard InChI is InChI=1S/C8H6Br2N2/c9-7-5(3-4-11)1-2-6(12)8(7)10/h1-2H,3,12H2. The highest BCUT2D eigenvalue weighted by Gasteiger charge is 2.05. The van der Waals surface area contributed by atoms with Gasteiger partial charge < -0.3 is 5.73 Å². The molecule has 62 valence electrons. The van der Waals surface area contributed by atoms with Gasteiger partial charge in [0, 0.05) is 10.2 Å². The quantitative estimate of drug-likeness (QED) is 0.808. The van der Waals surface area contributed by atoms with E-state index in [1.807, 2.05) is 6.07 Å².